The molecule has 0 bridgehead atoms. The van der Waals surface area contributed by atoms with Crippen LogP contribution in [-0.4, -0.2) is 21.9 Å². The van der Waals surface area contributed by atoms with E-state index in [2.05, 4.69) is 5.16 Å². The van der Waals surface area contributed by atoms with Crippen LogP contribution in [0.15, 0.2) is 29.0 Å². The monoisotopic (exact) mass is 250 g/mol. The lowest BCUT2D eigenvalue weighted by Gasteiger charge is -2.03. The average Bonchev–Trinajstić information content (AvgIpc) is 2.99. The van der Waals surface area contributed by atoms with Crippen LogP contribution in [0.3, 0.4) is 0 Å². The summed E-state index contributed by atoms with van der Waals surface area (Å²) in [6.07, 6.45) is 4.18. The first-order chi connectivity index (χ1) is 8.72. The largest absolute Gasteiger partial charge is 0.388 e. The zero-order chi connectivity index (χ0) is 13.0. The maximum absolute atomic E-state index is 9.72. The molecule has 5 nitrogen and oxygen atoms in total. The van der Waals surface area contributed by atoms with Gasteiger partial charge < -0.3 is 18.9 Å². The molecule has 98 valence electrons. The molecule has 0 radical (unpaired) electrons. The molecular formula is C13H18N2O3. The van der Waals surface area contributed by atoms with Crippen molar-refractivity contribution in [3.63, 3.8) is 0 Å². The van der Waals surface area contributed by atoms with E-state index in [9.17, 15) is 5.11 Å². The van der Waals surface area contributed by atoms with Crippen molar-refractivity contribution in [2.24, 2.45) is 0 Å². The van der Waals surface area contributed by atoms with Crippen molar-refractivity contribution in [1.29, 1.82) is 0 Å². The van der Waals surface area contributed by atoms with E-state index in [1.54, 1.807) is 7.11 Å². The fraction of sp³-hybridized carbons (Fsp3) is 0.462. The molecule has 0 saturated heterocycles. The number of aliphatic hydroxyl groups is 1. The first-order valence-electron chi connectivity index (χ1n) is 6.00. The molecule has 1 unspecified atom stereocenters. The summed E-state index contributed by atoms with van der Waals surface area (Å²) in [7, 11) is 1.62. The maximum atomic E-state index is 9.72. The molecule has 0 aliphatic rings. The van der Waals surface area contributed by atoms with E-state index in [0.717, 1.165) is 11.3 Å². The fourth-order valence-corrected chi connectivity index (χ4v) is 1.82. The van der Waals surface area contributed by atoms with Crippen molar-refractivity contribution in [3.8, 4) is 0 Å². The maximum Gasteiger partial charge on any atom is 0.162 e. The first kappa shape index (κ1) is 12.9. The Labute approximate surface area is 106 Å². The number of methoxy groups -OCH3 is 1. The lowest BCUT2D eigenvalue weighted by Crippen LogP contribution is -1.97. The molecule has 18 heavy (non-hydrogen) atoms. The molecule has 0 aliphatic heterocycles. The van der Waals surface area contributed by atoms with Crippen molar-refractivity contribution >= 4 is 0 Å². The van der Waals surface area contributed by atoms with Crippen molar-refractivity contribution in [1.82, 2.24) is 9.72 Å². The van der Waals surface area contributed by atoms with Crippen LogP contribution < -0.4 is 0 Å². The van der Waals surface area contributed by atoms with Crippen LogP contribution in [0.4, 0.5) is 0 Å². The molecule has 2 heterocycles. The van der Waals surface area contributed by atoms with E-state index < -0.39 is 6.10 Å². The second kappa shape index (κ2) is 5.84. The summed E-state index contributed by atoms with van der Waals surface area (Å²) in [5.41, 5.74) is 1.77. The van der Waals surface area contributed by atoms with Gasteiger partial charge in [0, 0.05) is 25.6 Å². The van der Waals surface area contributed by atoms with Crippen LogP contribution in [0.2, 0.25) is 0 Å². The summed E-state index contributed by atoms with van der Waals surface area (Å²) in [5, 5.41) is 13.7. The van der Waals surface area contributed by atoms with Gasteiger partial charge in [0.15, 0.2) is 5.76 Å². The Balaban J connectivity index is 2.01. The van der Waals surface area contributed by atoms with Crippen molar-refractivity contribution in [2.45, 2.75) is 32.6 Å². The predicted octanol–water partition coefficient (Wildman–Crippen LogP) is 2.11. The Morgan fingerprint density at radius 3 is 3.11 bits per heavy atom. The summed E-state index contributed by atoms with van der Waals surface area (Å²) < 4.78 is 12.1. The van der Waals surface area contributed by atoms with Gasteiger partial charge in [0.25, 0.3) is 0 Å². The van der Waals surface area contributed by atoms with Gasteiger partial charge in [-0.15, -0.1) is 0 Å². The van der Waals surface area contributed by atoms with Gasteiger partial charge in [0.2, 0.25) is 0 Å². The van der Waals surface area contributed by atoms with Gasteiger partial charge >= 0.3 is 0 Å². The van der Waals surface area contributed by atoms with Crippen molar-refractivity contribution in [2.75, 3.05) is 7.11 Å². The zero-order valence-electron chi connectivity index (χ0n) is 10.7. The molecule has 0 amide bonds. The van der Waals surface area contributed by atoms with Crippen LogP contribution in [0.1, 0.15) is 36.5 Å². The van der Waals surface area contributed by atoms with Crippen LogP contribution in [0.5, 0.6) is 0 Å². The van der Waals surface area contributed by atoms with E-state index in [0.29, 0.717) is 25.3 Å². The van der Waals surface area contributed by atoms with Gasteiger partial charge in [-0.25, -0.2) is 0 Å². The lowest BCUT2D eigenvalue weighted by molar-refractivity contribution is 0.155. The third-order valence-corrected chi connectivity index (χ3v) is 2.78. The highest BCUT2D eigenvalue weighted by Gasteiger charge is 2.08. The van der Waals surface area contributed by atoms with Crippen LogP contribution >= 0.6 is 0 Å². The molecule has 2 rings (SSSR count). The standard InChI is InChI=1S/C13H18N2O3/c1-3-13(16)10-4-5-15(7-10)8-11-6-12(9-17-2)18-14-11/h4-7,13,16H,3,8-9H2,1-2H3. The van der Waals surface area contributed by atoms with E-state index in [1.165, 1.54) is 0 Å². The molecule has 2 aromatic rings. The number of ether oxygens (including phenoxy) is 1. The second-order valence-corrected chi connectivity index (χ2v) is 4.26. The minimum atomic E-state index is -0.396. The highest BCUT2D eigenvalue weighted by molar-refractivity contribution is 5.15. The van der Waals surface area contributed by atoms with E-state index in [-0.39, 0.29) is 0 Å². The minimum Gasteiger partial charge on any atom is -0.388 e. The molecule has 1 atom stereocenters. The molecule has 1 N–H and O–H groups in total. The summed E-state index contributed by atoms with van der Waals surface area (Å²) >= 11 is 0. The fourth-order valence-electron chi connectivity index (χ4n) is 1.82. The Bertz CT molecular complexity index is 490. The number of hydrogen-bond donors (Lipinski definition) is 1. The van der Waals surface area contributed by atoms with Crippen molar-refractivity contribution < 1.29 is 14.4 Å². The van der Waals surface area contributed by atoms with Gasteiger partial charge in [-0.05, 0) is 18.1 Å². The normalized spacial score (nSPS) is 12.8. The van der Waals surface area contributed by atoms with E-state index in [1.807, 2.05) is 36.0 Å². The number of nitrogens with zero attached hydrogens (tertiary/aromatic N) is 2. The first-order valence-corrected chi connectivity index (χ1v) is 6.00. The minimum absolute atomic E-state index is 0.396. The lowest BCUT2D eigenvalue weighted by atomic mass is 10.1. The third-order valence-electron chi connectivity index (χ3n) is 2.78. The summed E-state index contributed by atoms with van der Waals surface area (Å²) in [4.78, 5) is 0. The highest BCUT2D eigenvalue weighted by Crippen LogP contribution is 2.17. The van der Waals surface area contributed by atoms with Crippen LogP contribution in [0.25, 0.3) is 0 Å². The summed E-state index contributed by atoms with van der Waals surface area (Å²) in [6.45, 7) is 3.01. The molecular weight excluding hydrogens is 232 g/mol. The SMILES string of the molecule is CCC(O)c1ccn(Cc2cc(COC)on2)c1. The van der Waals surface area contributed by atoms with Gasteiger partial charge in [-0.2, -0.15) is 0 Å². The van der Waals surface area contributed by atoms with Crippen LogP contribution in [0, 0.1) is 0 Å². The Kier molecular flexibility index (Phi) is 4.17. The highest BCUT2D eigenvalue weighted by atomic mass is 16.5. The van der Waals surface area contributed by atoms with Crippen molar-refractivity contribution in [3.05, 3.63) is 41.5 Å². The average molecular weight is 250 g/mol. The predicted molar refractivity (Wildman–Crippen MR) is 66.0 cm³/mol. The quantitative estimate of drug-likeness (QED) is 0.853. The summed E-state index contributed by atoms with van der Waals surface area (Å²) in [5.74, 6) is 0.716. The second-order valence-electron chi connectivity index (χ2n) is 4.26. The Hall–Kier alpha value is -1.59. The Morgan fingerprint density at radius 2 is 2.39 bits per heavy atom. The van der Waals surface area contributed by atoms with E-state index in [4.69, 9.17) is 9.26 Å². The van der Waals surface area contributed by atoms with Gasteiger partial charge in [0.1, 0.15) is 12.3 Å². The number of hydrogen-bond acceptors (Lipinski definition) is 4. The molecule has 5 heteroatoms. The number of aliphatic hydroxyl groups excluding tert-OH is 1. The van der Waals surface area contributed by atoms with E-state index >= 15 is 0 Å². The third kappa shape index (κ3) is 3.00. The molecule has 0 aromatic carbocycles. The number of aromatic nitrogens is 2. The van der Waals surface area contributed by atoms with Gasteiger partial charge in [0.05, 0.1) is 12.6 Å². The molecule has 0 saturated carbocycles. The van der Waals surface area contributed by atoms with Crippen LogP contribution in [-0.2, 0) is 17.9 Å². The molecule has 0 spiro atoms. The number of rotatable bonds is 6. The summed E-state index contributed by atoms with van der Waals surface area (Å²) in [6, 6.07) is 3.80. The van der Waals surface area contributed by atoms with Gasteiger partial charge in [-0.3, -0.25) is 0 Å². The smallest absolute Gasteiger partial charge is 0.162 e. The topological polar surface area (TPSA) is 60.4 Å². The molecule has 2 aromatic heterocycles. The zero-order valence-corrected chi connectivity index (χ0v) is 10.7. The van der Waals surface area contributed by atoms with Gasteiger partial charge in [-0.1, -0.05) is 12.1 Å². The Morgan fingerprint density at radius 1 is 1.56 bits per heavy atom. The molecule has 0 fully saturated rings. The molecule has 0 aliphatic carbocycles.